The van der Waals surface area contributed by atoms with Crippen molar-refractivity contribution < 1.29 is 18.7 Å². The van der Waals surface area contributed by atoms with Gasteiger partial charge in [0.05, 0.1) is 22.6 Å². The number of amides is 1. The van der Waals surface area contributed by atoms with Crippen molar-refractivity contribution in [3.63, 3.8) is 0 Å². The molecule has 0 N–H and O–H groups in total. The molecule has 0 spiro atoms. The van der Waals surface area contributed by atoms with Crippen LogP contribution in [0.1, 0.15) is 23.0 Å². The fourth-order valence-electron chi connectivity index (χ4n) is 2.84. The summed E-state index contributed by atoms with van der Waals surface area (Å²) in [5.41, 5.74) is 1.28. The van der Waals surface area contributed by atoms with Gasteiger partial charge in [0.25, 0.3) is 0 Å². The number of ether oxygens (including phenoxy) is 1. The zero-order valence-electron chi connectivity index (χ0n) is 16.2. The lowest BCUT2D eigenvalue weighted by Gasteiger charge is -2.18. The number of anilines is 2. The highest BCUT2D eigenvalue weighted by molar-refractivity contribution is 7.14. The van der Waals surface area contributed by atoms with E-state index in [9.17, 15) is 14.0 Å². The van der Waals surface area contributed by atoms with Crippen molar-refractivity contribution in [2.45, 2.75) is 13.5 Å². The molecule has 0 bridgehead atoms. The molecule has 156 valence electrons. The van der Waals surface area contributed by atoms with Gasteiger partial charge in [-0.3, -0.25) is 9.69 Å². The van der Waals surface area contributed by atoms with E-state index in [1.807, 2.05) is 0 Å². The van der Waals surface area contributed by atoms with Gasteiger partial charge in [0, 0.05) is 12.3 Å². The summed E-state index contributed by atoms with van der Waals surface area (Å²) in [7, 11) is 0. The maximum atomic E-state index is 14.2. The van der Waals surface area contributed by atoms with Crippen LogP contribution in [-0.2, 0) is 16.1 Å². The summed E-state index contributed by atoms with van der Waals surface area (Å²) in [6, 6.07) is 12.7. The number of rotatable bonds is 6. The molecule has 0 aliphatic rings. The van der Waals surface area contributed by atoms with Crippen molar-refractivity contribution in [3.05, 3.63) is 77.3 Å². The standard InChI is InChI=1S/C20H15FN6O3S/c1-13(28)27(18-9-5-3-7-16(18)21)20-23-14(11-31-20)10-30-19(29)15-6-2-4-8-17(15)26-12-22-24-25-26/h2-9,11-12H,10H2,1H3. The number of carbonyl (C=O) groups is 2. The molecule has 0 atom stereocenters. The second-order valence-electron chi connectivity index (χ2n) is 6.27. The van der Waals surface area contributed by atoms with Crippen molar-refractivity contribution in [2.75, 3.05) is 4.90 Å². The molecule has 0 saturated heterocycles. The molecule has 31 heavy (non-hydrogen) atoms. The Morgan fingerprint density at radius 1 is 1.16 bits per heavy atom. The summed E-state index contributed by atoms with van der Waals surface area (Å²) in [6.45, 7) is 1.20. The molecule has 0 aliphatic carbocycles. The molecule has 2 aromatic heterocycles. The van der Waals surface area contributed by atoms with Gasteiger partial charge >= 0.3 is 5.97 Å². The number of benzene rings is 2. The SMILES string of the molecule is CC(=O)N(c1nc(COC(=O)c2ccccc2-n2cnnn2)cs1)c1ccccc1F. The number of nitrogens with zero attached hydrogens (tertiary/aromatic N) is 6. The van der Waals surface area contributed by atoms with Crippen molar-refractivity contribution in [1.82, 2.24) is 25.2 Å². The lowest BCUT2D eigenvalue weighted by molar-refractivity contribution is -0.115. The number of aromatic nitrogens is 5. The maximum absolute atomic E-state index is 14.2. The van der Waals surface area contributed by atoms with Gasteiger partial charge in [-0.15, -0.1) is 16.4 Å². The summed E-state index contributed by atoms with van der Waals surface area (Å²) < 4.78 is 20.9. The van der Waals surface area contributed by atoms with Gasteiger partial charge in [-0.25, -0.2) is 14.2 Å². The predicted molar refractivity (Wildman–Crippen MR) is 110 cm³/mol. The van der Waals surface area contributed by atoms with Crippen LogP contribution < -0.4 is 4.90 Å². The smallest absolute Gasteiger partial charge is 0.340 e. The Kier molecular flexibility index (Phi) is 5.76. The van der Waals surface area contributed by atoms with Gasteiger partial charge in [-0.2, -0.15) is 4.68 Å². The number of esters is 1. The molecule has 1 amide bonds. The fraction of sp³-hybridized carbons (Fsp3) is 0.100. The van der Waals surface area contributed by atoms with Crippen LogP contribution in [0.2, 0.25) is 0 Å². The Balaban J connectivity index is 1.51. The van der Waals surface area contributed by atoms with E-state index in [1.165, 1.54) is 41.0 Å². The number of hydrogen-bond donors (Lipinski definition) is 0. The monoisotopic (exact) mass is 438 g/mol. The molecule has 2 aromatic carbocycles. The van der Waals surface area contributed by atoms with E-state index >= 15 is 0 Å². The second kappa shape index (κ2) is 8.79. The van der Waals surface area contributed by atoms with Crippen molar-refractivity contribution in [2.24, 2.45) is 0 Å². The fourth-order valence-corrected chi connectivity index (χ4v) is 3.71. The Hall–Kier alpha value is -3.99. The van der Waals surface area contributed by atoms with E-state index in [0.717, 1.165) is 11.3 Å². The molecular weight excluding hydrogens is 423 g/mol. The van der Waals surface area contributed by atoms with Crippen molar-refractivity contribution in [3.8, 4) is 5.69 Å². The third-order valence-corrected chi connectivity index (χ3v) is 5.08. The first-order valence-corrected chi connectivity index (χ1v) is 9.91. The molecule has 0 unspecified atom stereocenters. The van der Waals surface area contributed by atoms with Crippen LogP contribution in [-0.4, -0.2) is 37.1 Å². The van der Waals surface area contributed by atoms with Gasteiger partial charge in [0.15, 0.2) is 5.13 Å². The van der Waals surface area contributed by atoms with Crippen molar-refractivity contribution in [1.29, 1.82) is 0 Å². The molecule has 0 fully saturated rings. The molecule has 2 heterocycles. The van der Waals surface area contributed by atoms with E-state index in [-0.39, 0.29) is 23.0 Å². The van der Waals surface area contributed by atoms with Crippen LogP contribution in [0.3, 0.4) is 0 Å². The lowest BCUT2D eigenvalue weighted by atomic mass is 10.2. The first kappa shape index (κ1) is 20.3. The first-order chi connectivity index (χ1) is 15.0. The quantitative estimate of drug-likeness (QED) is 0.426. The number of hydrogen-bond acceptors (Lipinski definition) is 8. The van der Waals surface area contributed by atoms with Crippen LogP contribution >= 0.6 is 11.3 Å². The lowest BCUT2D eigenvalue weighted by Crippen LogP contribution is -2.23. The second-order valence-corrected chi connectivity index (χ2v) is 7.11. The Morgan fingerprint density at radius 2 is 1.94 bits per heavy atom. The summed E-state index contributed by atoms with van der Waals surface area (Å²) in [5, 5.41) is 12.9. The summed E-state index contributed by atoms with van der Waals surface area (Å²) in [6.07, 6.45) is 1.37. The highest BCUT2D eigenvalue weighted by Gasteiger charge is 2.21. The van der Waals surface area contributed by atoms with Crippen LogP contribution in [0.5, 0.6) is 0 Å². The highest BCUT2D eigenvalue weighted by atomic mass is 32.1. The zero-order chi connectivity index (χ0) is 21.8. The molecule has 0 aliphatic heterocycles. The van der Waals surface area contributed by atoms with E-state index in [2.05, 4.69) is 20.5 Å². The number of thiazole rings is 1. The third kappa shape index (κ3) is 4.31. The molecule has 4 aromatic rings. The average molecular weight is 438 g/mol. The highest BCUT2D eigenvalue weighted by Crippen LogP contribution is 2.31. The van der Waals surface area contributed by atoms with Gasteiger partial charge < -0.3 is 4.74 Å². The van der Waals surface area contributed by atoms with Crippen LogP contribution in [0.4, 0.5) is 15.2 Å². The van der Waals surface area contributed by atoms with E-state index in [4.69, 9.17) is 4.74 Å². The molecule has 0 saturated carbocycles. The Labute approximate surface area is 179 Å². The Morgan fingerprint density at radius 3 is 2.68 bits per heavy atom. The number of halogens is 1. The summed E-state index contributed by atoms with van der Waals surface area (Å²) in [4.78, 5) is 30.2. The molecule has 4 rings (SSSR count). The minimum Gasteiger partial charge on any atom is -0.455 e. The normalized spacial score (nSPS) is 10.6. The van der Waals surface area contributed by atoms with Crippen molar-refractivity contribution >= 4 is 34.0 Å². The average Bonchev–Trinajstić information content (AvgIpc) is 3.46. The summed E-state index contributed by atoms with van der Waals surface area (Å²) in [5.74, 6) is -1.52. The van der Waals surface area contributed by atoms with E-state index in [1.54, 1.807) is 35.7 Å². The molecule has 11 heteroatoms. The largest absolute Gasteiger partial charge is 0.455 e. The van der Waals surface area contributed by atoms with Gasteiger partial charge in [0.2, 0.25) is 5.91 Å². The van der Waals surface area contributed by atoms with E-state index in [0.29, 0.717) is 11.4 Å². The van der Waals surface area contributed by atoms with Gasteiger partial charge in [0.1, 0.15) is 18.8 Å². The molecule has 9 nitrogen and oxygen atoms in total. The van der Waals surface area contributed by atoms with E-state index < -0.39 is 17.7 Å². The zero-order valence-corrected chi connectivity index (χ0v) is 17.0. The maximum Gasteiger partial charge on any atom is 0.340 e. The topological polar surface area (TPSA) is 103 Å². The number of para-hydroxylation sites is 2. The molecule has 0 radical (unpaired) electrons. The number of carbonyl (C=O) groups excluding carboxylic acids is 2. The van der Waals surface area contributed by atoms with Gasteiger partial charge in [-0.05, 0) is 34.7 Å². The minimum atomic E-state index is -0.585. The van der Waals surface area contributed by atoms with Crippen LogP contribution in [0.25, 0.3) is 5.69 Å². The molecular formula is C20H15FN6O3S. The predicted octanol–water partition coefficient (Wildman–Crippen LogP) is 3.30. The summed E-state index contributed by atoms with van der Waals surface area (Å²) >= 11 is 1.14. The van der Waals surface area contributed by atoms with Crippen LogP contribution in [0, 0.1) is 5.82 Å². The first-order valence-electron chi connectivity index (χ1n) is 9.03. The Bertz CT molecular complexity index is 1230. The minimum absolute atomic E-state index is 0.100. The van der Waals surface area contributed by atoms with Crippen LogP contribution in [0.15, 0.2) is 60.2 Å². The third-order valence-electron chi connectivity index (χ3n) is 4.21. The van der Waals surface area contributed by atoms with Gasteiger partial charge in [-0.1, -0.05) is 24.3 Å². The number of tetrazole rings is 1.